The first-order valence-corrected chi connectivity index (χ1v) is 14.2. The molecule has 0 aromatic heterocycles. The van der Waals surface area contributed by atoms with E-state index in [1.165, 1.54) is 0 Å². The number of amides is 1. The van der Waals surface area contributed by atoms with E-state index in [1.807, 2.05) is 13.8 Å². The third kappa shape index (κ3) is 6.72. The molecule has 4 fully saturated rings. The summed E-state index contributed by atoms with van der Waals surface area (Å²) in [5, 5.41) is 6.78. The van der Waals surface area contributed by atoms with Crippen molar-refractivity contribution < 1.29 is 23.8 Å². The van der Waals surface area contributed by atoms with E-state index in [2.05, 4.69) is 21.5 Å². The highest BCUT2D eigenvalue weighted by Crippen LogP contribution is 2.30. The quantitative estimate of drug-likeness (QED) is 0.356. The molecule has 0 radical (unpaired) electrons. The minimum absolute atomic E-state index is 0.00927. The first kappa shape index (κ1) is 26.3. The Morgan fingerprint density at radius 3 is 2.38 bits per heavy atom. The van der Waals surface area contributed by atoms with Crippen molar-refractivity contribution in [2.45, 2.75) is 107 Å². The molecule has 8 unspecified atom stereocenters. The van der Waals surface area contributed by atoms with Gasteiger partial charge in [0.05, 0.1) is 42.2 Å². The highest BCUT2D eigenvalue weighted by Gasteiger charge is 2.43. The van der Waals surface area contributed by atoms with Crippen LogP contribution in [0.25, 0.3) is 0 Å². The Labute approximate surface area is 207 Å². The van der Waals surface area contributed by atoms with Crippen molar-refractivity contribution in [3.05, 3.63) is 0 Å². The Kier molecular flexibility index (Phi) is 10.1. The van der Waals surface area contributed by atoms with Gasteiger partial charge in [0.2, 0.25) is 5.91 Å². The van der Waals surface area contributed by atoms with Crippen LogP contribution in [0.1, 0.15) is 65.2 Å². The van der Waals surface area contributed by atoms with E-state index in [1.54, 1.807) is 11.8 Å². The Bertz CT molecular complexity index is 674. The predicted octanol–water partition coefficient (Wildman–Crippen LogP) is 1.46. The van der Waals surface area contributed by atoms with Gasteiger partial charge in [-0.3, -0.25) is 14.9 Å². The van der Waals surface area contributed by atoms with Gasteiger partial charge in [0, 0.05) is 32.2 Å². The summed E-state index contributed by atoms with van der Waals surface area (Å²) in [6.07, 6.45) is 7.33. The van der Waals surface area contributed by atoms with Crippen LogP contribution < -0.4 is 21.5 Å². The van der Waals surface area contributed by atoms with Gasteiger partial charge >= 0.3 is 0 Å². The van der Waals surface area contributed by atoms with Gasteiger partial charge in [0.25, 0.3) is 0 Å². The number of rotatable bonds is 10. The SMILES string of the molecule is CCOC1CCC(C(=O)CSC2NNC(C3CCCO3)C(C3CCCO3)N2)CC1NC(=O)CC. The number of hydrazine groups is 1. The predicted molar refractivity (Wildman–Crippen MR) is 131 cm³/mol. The lowest BCUT2D eigenvalue weighted by atomic mass is 9.81. The number of hydrogen-bond acceptors (Lipinski definition) is 9. The zero-order chi connectivity index (χ0) is 23.9. The lowest BCUT2D eigenvalue weighted by Crippen LogP contribution is -2.72. The van der Waals surface area contributed by atoms with Crippen molar-refractivity contribution in [1.82, 2.24) is 21.5 Å². The molecule has 1 aliphatic carbocycles. The molecular weight excluding hydrogens is 456 g/mol. The van der Waals surface area contributed by atoms with Crippen LogP contribution in [0.2, 0.25) is 0 Å². The second kappa shape index (κ2) is 13.0. The number of hydrogen-bond donors (Lipinski definition) is 4. The van der Waals surface area contributed by atoms with Crippen LogP contribution in [0, 0.1) is 5.92 Å². The van der Waals surface area contributed by atoms with E-state index in [0.29, 0.717) is 25.2 Å². The first-order valence-electron chi connectivity index (χ1n) is 13.1. The van der Waals surface area contributed by atoms with E-state index in [9.17, 15) is 9.59 Å². The van der Waals surface area contributed by atoms with Gasteiger partial charge in [-0.05, 0) is 51.9 Å². The molecule has 4 rings (SSSR count). The molecule has 194 valence electrons. The maximum atomic E-state index is 13.1. The fourth-order valence-corrected chi connectivity index (χ4v) is 6.67. The molecule has 0 spiro atoms. The molecule has 0 bridgehead atoms. The molecular formula is C24H42N4O5S. The Hall–Kier alpha value is -0.750. The summed E-state index contributed by atoms with van der Waals surface area (Å²) in [7, 11) is 0. The van der Waals surface area contributed by atoms with E-state index in [0.717, 1.165) is 51.7 Å². The number of carbonyl (C=O) groups excluding carboxylic acids is 2. The number of ether oxygens (including phenoxy) is 3. The summed E-state index contributed by atoms with van der Waals surface area (Å²) in [5.41, 5.74) is 6.77. The first-order chi connectivity index (χ1) is 16.6. The van der Waals surface area contributed by atoms with Crippen LogP contribution in [0.4, 0.5) is 0 Å². The standard InChI is InChI=1S/C24H42N4O5S/c1-3-21(30)25-16-13-15(9-10-18(16)31-4-2)17(29)14-34-24-26-22(19-7-5-11-32-19)23(27-28-24)20-8-6-12-33-20/h15-16,18-20,22-24,26-28H,3-14H2,1-2H3,(H,25,30). The number of thioether (sulfide) groups is 1. The van der Waals surface area contributed by atoms with Crippen LogP contribution in [0.5, 0.6) is 0 Å². The summed E-state index contributed by atoms with van der Waals surface area (Å²) >= 11 is 1.59. The molecule has 1 amide bonds. The molecule has 4 N–H and O–H groups in total. The summed E-state index contributed by atoms with van der Waals surface area (Å²) in [5.74, 6) is 0.638. The van der Waals surface area contributed by atoms with Crippen LogP contribution in [-0.2, 0) is 23.8 Å². The van der Waals surface area contributed by atoms with Crippen LogP contribution >= 0.6 is 11.8 Å². The molecule has 4 aliphatic rings. The average molecular weight is 499 g/mol. The van der Waals surface area contributed by atoms with Gasteiger partial charge in [-0.1, -0.05) is 6.92 Å². The fraction of sp³-hybridized carbons (Fsp3) is 0.917. The van der Waals surface area contributed by atoms with Crippen LogP contribution in [0.3, 0.4) is 0 Å². The minimum Gasteiger partial charge on any atom is -0.377 e. The smallest absolute Gasteiger partial charge is 0.220 e. The van der Waals surface area contributed by atoms with Gasteiger partial charge in [-0.15, -0.1) is 11.8 Å². The molecule has 1 saturated carbocycles. The van der Waals surface area contributed by atoms with Crippen molar-refractivity contribution in [1.29, 1.82) is 0 Å². The number of nitrogens with one attached hydrogen (secondary N) is 4. The third-order valence-electron chi connectivity index (χ3n) is 7.53. The summed E-state index contributed by atoms with van der Waals surface area (Å²) < 4.78 is 17.8. The molecule has 8 atom stereocenters. The topological polar surface area (TPSA) is 110 Å². The van der Waals surface area contributed by atoms with Gasteiger partial charge in [0.15, 0.2) is 0 Å². The van der Waals surface area contributed by atoms with Crippen molar-refractivity contribution in [2.75, 3.05) is 25.6 Å². The average Bonchev–Trinajstić information content (AvgIpc) is 3.58. The molecule has 3 aliphatic heterocycles. The Morgan fingerprint density at radius 1 is 1.00 bits per heavy atom. The fourth-order valence-electron chi connectivity index (χ4n) is 5.70. The molecule has 3 heterocycles. The zero-order valence-corrected chi connectivity index (χ0v) is 21.4. The lowest BCUT2D eigenvalue weighted by Gasteiger charge is -2.43. The molecule has 10 heteroatoms. The zero-order valence-electron chi connectivity index (χ0n) is 20.6. The summed E-state index contributed by atoms with van der Waals surface area (Å²) in [4.78, 5) is 25.1. The Morgan fingerprint density at radius 2 is 1.74 bits per heavy atom. The van der Waals surface area contributed by atoms with Gasteiger partial charge < -0.3 is 19.5 Å². The van der Waals surface area contributed by atoms with E-state index < -0.39 is 0 Å². The van der Waals surface area contributed by atoms with E-state index in [-0.39, 0.29) is 59.5 Å². The normalized spacial score (nSPS) is 38.6. The number of Topliss-reactive ketones (excluding diaryl/α,β-unsaturated/α-hetero) is 1. The molecule has 3 saturated heterocycles. The van der Waals surface area contributed by atoms with Gasteiger partial charge in [-0.25, -0.2) is 10.9 Å². The minimum atomic E-state index is -0.0937. The highest BCUT2D eigenvalue weighted by atomic mass is 32.2. The number of ketones is 1. The third-order valence-corrected chi connectivity index (χ3v) is 8.56. The Balaban J connectivity index is 1.29. The van der Waals surface area contributed by atoms with Crippen LogP contribution in [0.15, 0.2) is 0 Å². The lowest BCUT2D eigenvalue weighted by molar-refractivity contribution is -0.127. The van der Waals surface area contributed by atoms with Crippen molar-refractivity contribution >= 4 is 23.5 Å². The summed E-state index contributed by atoms with van der Waals surface area (Å²) in [6.45, 7) is 6.06. The molecule has 0 aromatic carbocycles. The molecule has 9 nitrogen and oxygen atoms in total. The van der Waals surface area contributed by atoms with E-state index in [4.69, 9.17) is 14.2 Å². The maximum Gasteiger partial charge on any atom is 0.220 e. The van der Waals surface area contributed by atoms with Crippen molar-refractivity contribution in [2.24, 2.45) is 5.92 Å². The van der Waals surface area contributed by atoms with Gasteiger partial charge in [-0.2, -0.15) is 0 Å². The molecule has 0 aromatic rings. The maximum absolute atomic E-state index is 13.1. The van der Waals surface area contributed by atoms with Gasteiger partial charge in [0.1, 0.15) is 11.3 Å². The summed E-state index contributed by atoms with van der Waals surface area (Å²) in [6, 6.07) is 0.202. The largest absolute Gasteiger partial charge is 0.377 e. The number of carbonyl (C=O) groups is 2. The molecule has 34 heavy (non-hydrogen) atoms. The second-order valence-corrected chi connectivity index (χ2v) is 10.9. The van der Waals surface area contributed by atoms with E-state index >= 15 is 0 Å². The van der Waals surface area contributed by atoms with Crippen molar-refractivity contribution in [3.63, 3.8) is 0 Å². The monoisotopic (exact) mass is 498 g/mol. The second-order valence-electron chi connectivity index (χ2n) is 9.80. The van der Waals surface area contributed by atoms with Crippen molar-refractivity contribution in [3.8, 4) is 0 Å². The highest BCUT2D eigenvalue weighted by molar-refractivity contribution is 8.00. The van der Waals surface area contributed by atoms with Crippen LogP contribution in [-0.4, -0.2) is 79.2 Å².